The second kappa shape index (κ2) is 17.6. The molecule has 0 spiro atoms. The zero-order chi connectivity index (χ0) is 35.4. The first-order valence-corrected chi connectivity index (χ1v) is 17.2. The molecular weight excluding hydrogens is 650 g/mol. The summed E-state index contributed by atoms with van der Waals surface area (Å²) in [7, 11) is -2.83. The molecule has 4 aromatic rings. The molecule has 0 radical (unpaired) electrons. The van der Waals surface area contributed by atoms with E-state index in [9.17, 15) is 22.8 Å². The van der Waals surface area contributed by atoms with Crippen LogP contribution >= 0.6 is 0 Å². The lowest BCUT2D eigenvalue weighted by Crippen LogP contribution is -2.58. The molecule has 0 aliphatic rings. The van der Waals surface area contributed by atoms with Crippen molar-refractivity contribution in [1.82, 2.24) is 25.6 Å². The van der Waals surface area contributed by atoms with Crippen molar-refractivity contribution in [2.75, 3.05) is 20.3 Å². The number of methoxy groups -OCH3 is 1. The first kappa shape index (κ1) is 37.1. The Morgan fingerprint density at radius 2 is 1.41 bits per heavy atom. The Morgan fingerprint density at radius 3 is 2.04 bits per heavy atom. The Kier molecular flexibility index (Phi) is 13.3. The molecule has 4 rings (SSSR count). The molecule has 1 aromatic heterocycles. The van der Waals surface area contributed by atoms with Crippen LogP contribution in [-0.4, -0.2) is 74.7 Å². The minimum absolute atomic E-state index is 0.0245. The number of carbonyl (C=O) groups is 3. The summed E-state index contributed by atoms with van der Waals surface area (Å²) in [4.78, 5) is 40.7. The van der Waals surface area contributed by atoms with E-state index >= 15 is 0 Å². The molecule has 0 bridgehead atoms. The highest BCUT2D eigenvalue weighted by Gasteiger charge is 2.33. The normalized spacial score (nSPS) is 13.4. The number of hydrogen-bond acceptors (Lipinski definition) is 10. The van der Waals surface area contributed by atoms with Gasteiger partial charge in [-0.15, -0.1) is 10.2 Å². The average molecular weight is 692 g/mol. The molecule has 49 heavy (non-hydrogen) atoms. The van der Waals surface area contributed by atoms with Crippen molar-refractivity contribution in [2.45, 2.75) is 56.8 Å². The summed E-state index contributed by atoms with van der Waals surface area (Å²) in [6.45, 7) is 5.07. The fraction of sp³-hybridized carbons (Fsp3) is 0.343. The van der Waals surface area contributed by atoms with E-state index in [1.54, 1.807) is 36.4 Å². The van der Waals surface area contributed by atoms with Crippen LogP contribution in [0.1, 0.15) is 42.1 Å². The molecule has 0 aliphatic heterocycles. The molecule has 0 saturated heterocycles. The van der Waals surface area contributed by atoms with Crippen LogP contribution in [0, 0.1) is 12.8 Å². The summed E-state index contributed by atoms with van der Waals surface area (Å²) in [6.07, 6.45) is 0.230. The van der Waals surface area contributed by atoms with Crippen molar-refractivity contribution in [2.24, 2.45) is 5.92 Å². The van der Waals surface area contributed by atoms with Crippen molar-refractivity contribution in [1.29, 1.82) is 0 Å². The van der Waals surface area contributed by atoms with Crippen LogP contribution in [0.2, 0.25) is 0 Å². The molecule has 0 fully saturated rings. The minimum atomic E-state index is -4.17. The van der Waals surface area contributed by atoms with E-state index in [-0.39, 0.29) is 48.8 Å². The number of nitrogens with one attached hydrogen (secondary N) is 3. The number of aromatic nitrogens is 2. The van der Waals surface area contributed by atoms with Gasteiger partial charge in [-0.1, -0.05) is 80.1 Å². The maximum Gasteiger partial charge on any atom is 0.286 e. The Labute approximate surface area is 285 Å². The Morgan fingerprint density at radius 1 is 0.796 bits per heavy atom. The number of aryl methyl sites for hydroxylation is 1. The van der Waals surface area contributed by atoms with Crippen LogP contribution in [0.25, 0.3) is 11.5 Å². The molecule has 0 aliphatic carbocycles. The first-order valence-electron chi connectivity index (χ1n) is 15.7. The molecule has 260 valence electrons. The fourth-order valence-electron chi connectivity index (χ4n) is 4.77. The number of Topliss-reactive ketones (excluding diaryl/α,β-unsaturated/α-hetero) is 1. The number of amides is 2. The fourth-order valence-corrected chi connectivity index (χ4v) is 5.95. The number of ether oxygens (including phenoxy) is 2. The third-order valence-corrected chi connectivity index (χ3v) is 8.79. The van der Waals surface area contributed by atoms with Gasteiger partial charge in [-0.2, -0.15) is 4.72 Å². The molecule has 3 N–H and O–H groups in total. The van der Waals surface area contributed by atoms with Crippen molar-refractivity contribution in [3.05, 3.63) is 102 Å². The highest BCUT2D eigenvalue weighted by atomic mass is 32.2. The highest BCUT2D eigenvalue weighted by Crippen LogP contribution is 2.19. The molecule has 0 unspecified atom stereocenters. The smallest absolute Gasteiger partial charge is 0.286 e. The van der Waals surface area contributed by atoms with Crippen molar-refractivity contribution in [3.63, 3.8) is 0 Å². The maximum atomic E-state index is 13.6. The van der Waals surface area contributed by atoms with Gasteiger partial charge in [0.15, 0.2) is 0 Å². The van der Waals surface area contributed by atoms with Gasteiger partial charge in [0.2, 0.25) is 33.5 Å². The third-order valence-electron chi connectivity index (χ3n) is 7.30. The monoisotopic (exact) mass is 691 g/mol. The first-order chi connectivity index (χ1) is 23.5. The van der Waals surface area contributed by atoms with Crippen LogP contribution in [0.3, 0.4) is 0 Å². The van der Waals surface area contributed by atoms with Crippen LogP contribution in [0.15, 0.2) is 94.2 Å². The summed E-state index contributed by atoms with van der Waals surface area (Å²) in [5, 5.41) is 13.1. The molecule has 13 nitrogen and oxygen atoms in total. The molecule has 3 atom stereocenters. The second-order valence-corrected chi connectivity index (χ2v) is 13.6. The molecular formula is C35H41N5O8S. The van der Waals surface area contributed by atoms with Gasteiger partial charge in [0.1, 0.15) is 12.1 Å². The van der Waals surface area contributed by atoms with Crippen LogP contribution < -0.4 is 15.4 Å². The standard InChI is InChI=1S/C35H41N5O8S/c1-23(2)19-28(31(41)35-39-38-34(48-35)26-13-9-6-10-14-26)36-32(42)29(21-46-4)37-33(43)30(22-47-20-25-11-7-5-8-12-25)40-49(44,45)27-17-15-24(3)16-18-27/h5-18,23,28-30,40H,19-22H2,1-4H3,(H,36,42)(H,37,43)/t28-,29-,30-/m0/s1. The van der Waals surface area contributed by atoms with Crippen molar-refractivity contribution < 1.29 is 36.7 Å². The van der Waals surface area contributed by atoms with E-state index in [1.165, 1.54) is 19.2 Å². The average Bonchev–Trinajstić information content (AvgIpc) is 3.58. The van der Waals surface area contributed by atoms with E-state index in [0.29, 0.717) is 5.56 Å². The van der Waals surface area contributed by atoms with Gasteiger partial charge in [0, 0.05) is 12.7 Å². The Hall–Kier alpha value is -4.76. The molecule has 1 heterocycles. The van der Waals surface area contributed by atoms with Gasteiger partial charge in [-0.05, 0) is 49.1 Å². The number of hydrogen-bond donors (Lipinski definition) is 3. The maximum absolute atomic E-state index is 13.6. The number of ketones is 1. The van der Waals surface area contributed by atoms with E-state index < -0.39 is 45.7 Å². The van der Waals surface area contributed by atoms with Crippen molar-refractivity contribution >= 4 is 27.6 Å². The van der Waals surface area contributed by atoms with Crippen LogP contribution in [0.4, 0.5) is 0 Å². The SMILES string of the molecule is COC[C@H](NC(=O)[C@H](COCc1ccccc1)NS(=O)(=O)c1ccc(C)cc1)C(=O)N[C@@H](CC(C)C)C(=O)c1nnc(-c2ccccc2)o1. The number of nitrogens with zero attached hydrogens (tertiary/aromatic N) is 2. The molecule has 2 amide bonds. The minimum Gasteiger partial charge on any atom is -0.414 e. The number of benzene rings is 3. The van der Waals surface area contributed by atoms with Gasteiger partial charge in [0.05, 0.1) is 30.8 Å². The highest BCUT2D eigenvalue weighted by molar-refractivity contribution is 7.89. The summed E-state index contributed by atoms with van der Waals surface area (Å²) >= 11 is 0. The number of rotatable bonds is 18. The number of carbonyl (C=O) groups excluding carboxylic acids is 3. The summed E-state index contributed by atoms with van der Waals surface area (Å²) in [6, 6.07) is 20.4. The van der Waals surface area contributed by atoms with Gasteiger partial charge in [-0.3, -0.25) is 14.4 Å². The van der Waals surface area contributed by atoms with E-state index in [2.05, 4.69) is 25.6 Å². The predicted octanol–water partition coefficient (Wildman–Crippen LogP) is 3.45. The van der Waals surface area contributed by atoms with E-state index in [4.69, 9.17) is 13.9 Å². The second-order valence-electron chi connectivity index (χ2n) is 11.8. The van der Waals surface area contributed by atoms with Gasteiger partial charge >= 0.3 is 0 Å². The summed E-state index contributed by atoms with van der Waals surface area (Å²) in [5.41, 5.74) is 2.30. The van der Waals surface area contributed by atoms with Crippen molar-refractivity contribution in [3.8, 4) is 11.5 Å². The van der Waals surface area contributed by atoms with Crippen LogP contribution in [-0.2, 0) is 35.7 Å². The van der Waals surface area contributed by atoms with E-state index in [0.717, 1.165) is 11.1 Å². The lowest BCUT2D eigenvalue weighted by Gasteiger charge is -2.25. The summed E-state index contributed by atoms with van der Waals surface area (Å²) < 4.78 is 45.6. The Balaban J connectivity index is 1.50. The lowest BCUT2D eigenvalue weighted by molar-refractivity contribution is -0.132. The van der Waals surface area contributed by atoms with E-state index in [1.807, 2.05) is 57.2 Å². The zero-order valence-corrected chi connectivity index (χ0v) is 28.6. The summed E-state index contributed by atoms with van der Waals surface area (Å²) in [5.74, 6) is -2.32. The third kappa shape index (κ3) is 10.9. The van der Waals surface area contributed by atoms with Gasteiger partial charge in [-0.25, -0.2) is 8.42 Å². The van der Waals surface area contributed by atoms with Gasteiger partial charge < -0.3 is 24.5 Å². The molecule has 3 aromatic carbocycles. The Bertz CT molecular complexity index is 1780. The number of sulfonamides is 1. The van der Waals surface area contributed by atoms with Crippen LogP contribution in [0.5, 0.6) is 0 Å². The predicted molar refractivity (Wildman–Crippen MR) is 181 cm³/mol. The topological polar surface area (TPSA) is 179 Å². The quantitative estimate of drug-likeness (QED) is 0.131. The van der Waals surface area contributed by atoms with Gasteiger partial charge in [0.25, 0.3) is 5.89 Å². The molecule has 14 heteroatoms. The largest absolute Gasteiger partial charge is 0.414 e. The lowest BCUT2D eigenvalue weighted by atomic mass is 9.99. The zero-order valence-electron chi connectivity index (χ0n) is 27.8. The molecule has 0 saturated carbocycles.